The SMILES string of the molecule is COc1cc2sc(/C(N)=N/O)cc2c([N+](=O)[O-])c1OC. The van der Waals surface area contributed by atoms with Gasteiger partial charge < -0.3 is 20.4 Å². The number of oxime groups is 1. The topological polar surface area (TPSA) is 120 Å². The number of ether oxygens (including phenoxy) is 2. The highest BCUT2D eigenvalue weighted by Gasteiger charge is 2.26. The van der Waals surface area contributed by atoms with Crippen molar-refractivity contribution >= 4 is 32.9 Å². The van der Waals surface area contributed by atoms with Crippen molar-refractivity contribution in [1.82, 2.24) is 0 Å². The van der Waals surface area contributed by atoms with Crippen molar-refractivity contribution in [1.29, 1.82) is 0 Å². The van der Waals surface area contributed by atoms with Crippen LogP contribution in [0.15, 0.2) is 17.3 Å². The molecule has 0 fully saturated rings. The summed E-state index contributed by atoms with van der Waals surface area (Å²) in [7, 11) is 2.72. The highest BCUT2D eigenvalue weighted by atomic mass is 32.1. The Balaban J connectivity index is 2.85. The third kappa shape index (κ3) is 2.07. The molecule has 9 heteroatoms. The number of nitrogens with two attached hydrogens (primary N) is 1. The van der Waals surface area contributed by atoms with Crippen LogP contribution in [0.25, 0.3) is 10.1 Å². The summed E-state index contributed by atoms with van der Waals surface area (Å²) in [5.41, 5.74) is 5.29. The Morgan fingerprint density at radius 2 is 2.15 bits per heavy atom. The van der Waals surface area contributed by atoms with Crippen LogP contribution in [0.4, 0.5) is 5.69 Å². The number of methoxy groups -OCH3 is 2. The molecule has 2 rings (SSSR count). The minimum absolute atomic E-state index is 0.0360. The standard InChI is InChI=1S/C11H11N3O5S/c1-18-6-4-7-5(3-8(20-7)11(12)13-15)9(14(16)17)10(6)19-2/h3-4,15H,1-2H3,(H2,12,13). The molecule has 1 aromatic heterocycles. The van der Waals surface area contributed by atoms with E-state index in [1.54, 1.807) is 6.07 Å². The third-order valence-electron chi connectivity index (χ3n) is 2.68. The van der Waals surface area contributed by atoms with Gasteiger partial charge in [0.05, 0.1) is 29.4 Å². The summed E-state index contributed by atoms with van der Waals surface area (Å²) < 4.78 is 10.7. The minimum atomic E-state index is -0.549. The summed E-state index contributed by atoms with van der Waals surface area (Å²) in [6, 6.07) is 3.09. The van der Waals surface area contributed by atoms with Crippen molar-refractivity contribution in [2.45, 2.75) is 0 Å². The minimum Gasteiger partial charge on any atom is -0.493 e. The fourth-order valence-corrected chi connectivity index (χ4v) is 2.82. The van der Waals surface area contributed by atoms with Crippen LogP contribution < -0.4 is 15.2 Å². The predicted molar refractivity (Wildman–Crippen MR) is 74.1 cm³/mol. The van der Waals surface area contributed by atoms with Crippen molar-refractivity contribution in [2.24, 2.45) is 10.9 Å². The summed E-state index contributed by atoms with van der Waals surface area (Å²) in [6.07, 6.45) is 0. The van der Waals surface area contributed by atoms with Crippen molar-refractivity contribution in [2.75, 3.05) is 14.2 Å². The highest BCUT2D eigenvalue weighted by Crippen LogP contribution is 2.45. The molecule has 3 N–H and O–H groups in total. The normalized spacial score (nSPS) is 11.6. The molecule has 0 spiro atoms. The van der Waals surface area contributed by atoms with Gasteiger partial charge in [-0.2, -0.15) is 0 Å². The van der Waals surface area contributed by atoms with Gasteiger partial charge in [-0.1, -0.05) is 5.16 Å². The first kappa shape index (κ1) is 13.9. The van der Waals surface area contributed by atoms with Gasteiger partial charge in [-0.05, 0) is 6.07 Å². The Morgan fingerprint density at radius 3 is 2.65 bits per heavy atom. The lowest BCUT2D eigenvalue weighted by Crippen LogP contribution is -2.10. The van der Waals surface area contributed by atoms with Gasteiger partial charge in [-0.15, -0.1) is 11.3 Å². The molecule has 0 aliphatic carbocycles. The Bertz CT molecular complexity index is 710. The summed E-state index contributed by atoms with van der Waals surface area (Å²) in [6.45, 7) is 0. The Morgan fingerprint density at radius 1 is 1.45 bits per heavy atom. The number of nitro groups is 1. The Labute approximate surface area is 117 Å². The molecular formula is C11H11N3O5S. The lowest BCUT2D eigenvalue weighted by atomic mass is 10.2. The zero-order valence-corrected chi connectivity index (χ0v) is 11.4. The maximum absolute atomic E-state index is 11.3. The molecule has 0 aliphatic heterocycles. The average molecular weight is 297 g/mol. The Hall–Kier alpha value is -2.55. The van der Waals surface area contributed by atoms with Crippen LogP contribution in [0.5, 0.6) is 11.5 Å². The number of amidine groups is 1. The zero-order chi connectivity index (χ0) is 14.9. The molecular weight excluding hydrogens is 286 g/mol. The summed E-state index contributed by atoms with van der Waals surface area (Å²) >= 11 is 1.15. The first-order valence-corrected chi connectivity index (χ1v) is 6.16. The van der Waals surface area contributed by atoms with Gasteiger partial charge in [0.25, 0.3) is 0 Å². The van der Waals surface area contributed by atoms with Gasteiger partial charge in [0.15, 0.2) is 11.6 Å². The van der Waals surface area contributed by atoms with E-state index >= 15 is 0 Å². The smallest absolute Gasteiger partial charge is 0.323 e. The lowest BCUT2D eigenvalue weighted by molar-refractivity contribution is -0.384. The molecule has 0 radical (unpaired) electrons. The second-order valence-corrected chi connectivity index (χ2v) is 4.81. The number of fused-ring (bicyclic) bond motifs is 1. The molecule has 0 unspecified atom stereocenters. The van der Waals surface area contributed by atoms with Crippen molar-refractivity contribution in [3.05, 3.63) is 27.1 Å². The number of nitro benzene ring substituents is 1. The van der Waals surface area contributed by atoms with E-state index in [-0.39, 0.29) is 23.0 Å². The first-order valence-electron chi connectivity index (χ1n) is 5.34. The molecule has 20 heavy (non-hydrogen) atoms. The van der Waals surface area contributed by atoms with Crippen molar-refractivity contribution in [3.8, 4) is 11.5 Å². The van der Waals surface area contributed by atoms with Gasteiger partial charge in [0.1, 0.15) is 0 Å². The van der Waals surface area contributed by atoms with Gasteiger partial charge in [-0.25, -0.2) is 0 Å². The van der Waals surface area contributed by atoms with E-state index in [1.807, 2.05) is 0 Å². The van der Waals surface area contributed by atoms with E-state index in [1.165, 1.54) is 20.3 Å². The van der Waals surface area contributed by atoms with Crippen LogP contribution in [0.2, 0.25) is 0 Å². The average Bonchev–Trinajstić information content (AvgIpc) is 2.86. The quantitative estimate of drug-likeness (QED) is 0.292. The number of thiophene rings is 1. The van der Waals surface area contributed by atoms with Crippen LogP contribution in [0, 0.1) is 10.1 Å². The number of hydrogen-bond acceptors (Lipinski definition) is 7. The van der Waals surface area contributed by atoms with Gasteiger partial charge >= 0.3 is 5.69 Å². The predicted octanol–water partition coefficient (Wildman–Crippen LogP) is 1.92. The second-order valence-electron chi connectivity index (χ2n) is 3.73. The van der Waals surface area contributed by atoms with Crippen LogP contribution >= 0.6 is 11.3 Å². The van der Waals surface area contributed by atoms with Gasteiger partial charge in [0.2, 0.25) is 5.75 Å². The summed E-state index contributed by atoms with van der Waals surface area (Å²) in [4.78, 5) is 11.1. The number of hydrogen-bond donors (Lipinski definition) is 2. The fourth-order valence-electron chi connectivity index (χ4n) is 1.83. The monoisotopic (exact) mass is 297 g/mol. The molecule has 0 atom stereocenters. The van der Waals surface area contributed by atoms with E-state index in [0.717, 1.165) is 11.3 Å². The maximum Gasteiger partial charge on any atom is 0.323 e. The van der Waals surface area contributed by atoms with E-state index in [9.17, 15) is 10.1 Å². The second kappa shape index (κ2) is 5.21. The molecule has 2 aromatic rings. The molecule has 106 valence electrons. The summed E-state index contributed by atoms with van der Waals surface area (Å²) in [5.74, 6) is 0.173. The molecule has 1 heterocycles. The molecule has 0 aliphatic rings. The van der Waals surface area contributed by atoms with E-state index < -0.39 is 4.92 Å². The molecule has 1 aromatic carbocycles. The van der Waals surface area contributed by atoms with E-state index in [0.29, 0.717) is 15.0 Å². The number of rotatable bonds is 4. The lowest BCUT2D eigenvalue weighted by Gasteiger charge is -2.08. The van der Waals surface area contributed by atoms with Crippen LogP contribution in [0.3, 0.4) is 0 Å². The van der Waals surface area contributed by atoms with Gasteiger partial charge in [-0.3, -0.25) is 10.1 Å². The largest absolute Gasteiger partial charge is 0.493 e. The molecule has 0 saturated heterocycles. The number of nitrogens with zero attached hydrogens (tertiary/aromatic N) is 2. The summed E-state index contributed by atoms with van der Waals surface area (Å²) in [5, 5.41) is 23.2. The van der Waals surface area contributed by atoms with Crippen LogP contribution in [-0.4, -0.2) is 30.2 Å². The van der Waals surface area contributed by atoms with Crippen molar-refractivity contribution < 1.29 is 19.6 Å². The molecule has 8 nitrogen and oxygen atoms in total. The van der Waals surface area contributed by atoms with Crippen molar-refractivity contribution in [3.63, 3.8) is 0 Å². The number of benzene rings is 1. The fraction of sp³-hybridized carbons (Fsp3) is 0.182. The Kier molecular flexibility index (Phi) is 3.61. The molecule has 0 amide bonds. The van der Waals surface area contributed by atoms with Crippen LogP contribution in [0.1, 0.15) is 4.88 Å². The molecule has 0 bridgehead atoms. The maximum atomic E-state index is 11.3. The van der Waals surface area contributed by atoms with Crippen LogP contribution in [-0.2, 0) is 0 Å². The first-order chi connectivity index (χ1) is 9.53. The van der Waals surface area contributed by atoms with E-state index in [2.05, 4.69) is 5.16 Å². The van der Waals surface area contributed by atoms with Gasteiger partial charge in [0, 0.05) is 10.8 Å². The zero-order valence-electron chi connectivity index (χ0n) is 10.6. The highest BCUT2D eigenvalue weighted by molar-refractivity contribution is 7.21. The molecule has 0 saturated carbocycles. The van der Waals surface area contributed by atoms with E-state index in [4.69, 9.17) is 20.4 Å². The third-order valence-corrected chi connectivity index (χ3v) is 3.79.